The van der Waals surface area contributed by atoms with Crippen LogP contribution in [0, 0.1) is 6.92 Å². The topological polar surface area (TPSA) is 20.2 Å². The average molecular weight is 223 g/mol. The lowest BCUT2D eigenvalue weighted by molar-refractivity contribution is -0.370. The summed E-state index contributed by atoms with van der Waals surface area (Å²) in [5, 5.41) is 8.54. The fraction of sp³-hybridized carbons (Fsp3) is 0.857. The molecule has 85 valence electrons. The van der Waals surface area contributed by atoms with Gasteiger partial charge in [-0.2, -0.15) is 26.3 Å². The molecule has 14 heavy (non-hydrogen) atoms. The average Bonchev–Trinajstić information content (AvgIpc) is 1.95. The molecule has 1 nitrogen and oxygen atoms in total. The van der Waals surface area contributed by atoms with Gasteiger partial charge in [0.2, 0.25) is 0 Å². The van der Waals surface area contributed by atoms with Crippen molar-refractivity contribution in [3.8, 4) is 0 Å². The van der Waals surface area contributed by atoms with E-state index in [4.69, 9.17) is 5.11 Å². The summed E-state index contributed by atoms with van der Waals surface area (Å²) >= 11 is 0. The maximum atomic E-state index is 11.9. The largest absolute Gasteiger partial charge is 0.426 e. The van der Waals surface area contributed by atoms with Crippen molar-refractivity contribution in [2.75, 3.05) is 0 Å². The lowest BCUT2D eigenvalue weighted by Crippen LogP contribution is -2.56. The predicted octanol–water partition coefficient (Wildman–Crippen LogP) is 2.85. The quantitative estimate of drug-likeness (QED) is 0.729. The zero-order valence-corrected chi connectivity index (χ0v) is 7.04. The highest BCUT2D eigenvalue weighted by atomic mass is 19.4. The Hall–Kier alpha value is -0.460. The van der Waals surface area contributed by atoms with Gasteiger partial charge >= 0.3 is 12.4 Å². The van der Waals surface area contributed by atoms with Gasteiger partial charge in [0.15, 0.2) is 0 Å². The lowest BCUT2D eigenvalue weighted by Gasteiger charge is -2.32. The van der Waals surface area contributed by atoms with Crippen LogP contribution in [0.3, 0.4) is 0 Å². The minimum atomic E-state index is -5.71. The van der Waals surface area contributed by atoms with Crippen LogP contribution in [0.1, 0.15) is 19.3 Å². The number of aliphatic hydroxyl groups is 1. The number of hydrogen-bond donors (Lipinski definition) is 1. The fourth-order valence-corrected chi connectivity index (χ4v) is 0.825. The van der Waals surface area contributed by atoms with Crippen molar-refractivity contribution in [1.82, 2.24) is 0 Å². The maximum absolute atomic E-state index is 11.9. The van der Waals surface area contributed by atoms with Crippen LogP contribution < -0.4 is 0 Å². The SMILES string of the molecule is [CH2]CCCC(O)(C(F)(F)F)C(F)(F)F. The van der Waals surface area contributed by atoms with E-state index < -0.39 is 30.8 Å². The molecule has 0 aliphatic carbocycles. The minimum absolute atomic E-state index is 0.103. The molecule has 0 atom stereocenters. The summed E-state index contributed by atoms with van der Waals surface area (Å²) in [6.45, 7) is 3.11. The van der Waals surface area contributed by atoms with E-state index in [-0.39, 0.29) is 6.42 Å². The summed E-state index contributed by atoms with van der Waals surface area (Å²) in [5.41, 5.74) is -4.61. The van der Waals surface area contributed by atoms with Gasteiger partial charge in [-0.15, -0.1) is 0 Å². The van der Waals surface area contributed by atoms with E-state index in [2.05, 4.69) is 6.92 Å². The van der Waals surface area contributed by atoms with E-state index in [0.29, 0.717) is 0 Å². The summed E-state index contributed by atoms with van der Waals surface area (Å²) in [6.07, 6.45) is -13.4. The molecule has 0 aromatic rings. The van der Waals surface area contributed by atoms with Crippen molar-refractivity contribution in [3.63, 3.8) is 0 Å². The molecule has 0 fully saturated rings. The third kappa shape index (κ3) is 2.52. The van der Waals surface area contributed by atoms with Gasteiger partial charge < -0.3 is 5.11 Å². The van der Waals surface area contributed by atoms with Crippen LogP contribution >= 0.6 is 0 Å². The van der Waals surface area contributed by atoms with Gasteiger partial charge in [-0.25, -0.2) is 0 Å². The highest BCUT2D eigenvalue weighted by molar-refractivity contribution is 4.93. The monoisotopic (exact) mass is 223 g/mol. The zero-order chi connectivity index (χ0) is 11.6. The standard InChI is InChI=1S/C7H9F6O/c1-2-3-4-5(14,6(8,9)10)7(11,12)13/h14H,1-4H2. The Kier molecular flexibility index (Phi) is 3.83. The van der Waals surface area contributed by atoms with Gasteiger partial charge in [0, 0.05) is 0 Å². The first-order valence-corrected chi connectivity index (χ1v) is 3.71. The van der Waals surface area contributed by atoms with Crippen LogP contribution in [0.25, 0.3) is 0 Å². The second-order valence-electron chi connectivity index (χ2n) is 2.81. The number of alkyl halides is 6. The van der Waals surface area contributed by atoms with E-state index in [0.717, 1.165) is 0 Å². The van der Waals surface area contributed by atoms with Crippen molar-refractivity contribution in [2.45, 2.75) is 37.2 Å². The summed E-state index contributed by atoms with van der Waals surface area (Å²) in [5.74, 6) is 0. The minimum Gasteiger partial charge on any atom is -0.374 e. The molecule has 0 spiro atoms. The highest BCUT2D eigenvalue weighted by Crippen LogP contribution is 2.45. The maximum Gasteiger partial charge on any atom is 0.426 e. The van der Waals surface area contributed by atoms with E-state index in [1.54, 1.807) is 0 Å². The normalized spacial score (nSPS) is 14.6. The Bertz CT molecular complexity index is 168. The van der Waals surface area contributed by atoms with Crippen molar-refractivity contribution in [1.29, 1.82) is 0 Å². The summed E-state index contributed by atoms with van der Waals surface area (Å²) < 4.78 is 71.6. The molecule has 0 saturated heterocycles. The van der Waals surface area contributed by atoms with Gasteiger partial charge in [-0.1, -0.05) is 13.3 Å². The molecule has 0 amide bonds. The van der Waals surface area contributed by atoms with Crippen LogP contribution in [0.4, 0.5) is 26.3 Å². The first kappa shape index (κ1) is 13.5. The van der Waals surface area contributed by atoms with E-state index >= 15 is 0 Å². The molecular formula is C7H9F6O. The summed E-state index contributed by atoms with van der Waals surface area (Å²) in [4.78, 5) is 0. The van der Waals surface area contributed by atoms with Crippen molar-refractivity contribution in [3.05, 3.63) is 6.92 Å². The summed E-state index contributed by atoms with van der Waals surface area (Å²) in [6, 6.07) is 0. The Morgan fingerprint density at radius 2 is 1.29 bits per heavy atom. The number of hydrogen-bond acceptors (Lipinski definition) is 1. The summed E-state index contributed by atoms with van der Waals surface area (Å²) in [7, 11) is 0. The van der Waals surface area contributed by atoms with E-state index in [1.165, 1.54) is 0 Å². The van der Waals surface area contributed by atoms with Crippen LogP contribution in [0.5, 0.6) is 0 Å². The van der Waals surface area contributed by atoms with Crippen molar-refractivity contribution >= 4 is 0 Å². The predicted molar refractivity (Wildman–Crippen MR) is 36.3 cm³/mol. The first-order valence-electron chi connectivity index (χ1n) is 3.71. The second-order valence-corrected chi connectivity index (χ2v) is 2.81. The molecule has 0 aliphatic rings. The molecular weight excluding hydrogens is 214 g/mol. The van der Waals surface area contributed by atoms with Gasteiger partial charge in [-0.05, 0) is 12.8 Å². The Morgan fingerprint density at radius 3 is 1.50 bits per heavy atom. The van der Waals surface area contributed by atoms with Gasteiger partial charge in [-0.3, -0.25) is 0 Å². The van der Waals surface area contributed by atoms with E-state index in [9.17, 15) is 26.3 Å². The molecule has 0 heterocycles. The van der Waals surface area contributed by atoms with Crippen LogP contribution in [-0.4, -0.2) is 23.1 Å². The van der Waals surface area contributed by atoms with Crippen molar-refractivity contribution in [2.24, 2.45) is 0 Å². The highest BCUT2D eigenvalue weighted by Gasteiger charge is 2.69. The third-order valence-corrected chi connectivity index (χ3v) is 1.73. The van der Waals surface area contributed by atoms with Crippen LogP contribution in [-0.2, 0) is 0 Å². The molecule has 1 N–H and O–H groups in total. The second kappa shape index (κ2) is 3.96. The molecule has 0 unspecified atom stereocenters. The molecule has 0 saturated carbocycles. The van der Waals surface area contributed by atoms with Gasteiger partial charge in [0.25, 0.3) is 5.60 Å². The Morgan fingerprint density at radius 1 is 0.929 bits per heavy atom. The number of unbranched alkanes of at least 4 members (excludes halogenated alkanes) is 1. The Labute approximate surface area is 76.7 Å². The molecule has 0 aromatic carbocycles. The molecule has 7 heteroatoms. The van der Waals surface area contributed by atoms with E-state index in [1.807, 2.05) is 0 Å². The number of halogens is 6. The third-order valence-electron chi connectivity index (χ3n) is 1.73. The molecule has 0 aliphatic heterocycles. The smallest absolute Gasteiger partial charge is 0.374 e. The van der Waals surface area contributed by atoms with Crippen LogP contribution in [0.15, 0.2) is 0 Å². The molecule has 0 aromatic heterocycles. The molecule has 0 rings (SSSR count). The molecule has 1 radical (unpaired) electrons. The number of rotatable bonds is 3. The first-order chi connectivity index (χ1) is 6.06. The van der Waals surface area contributed by atoms with Crippen LogP contribution in [0.2, 0.25) is 0 Å². The lowest BCUT2D eigenvalue weighted by atomic mass is 9.95. The fourth-order valence-electron chi connectivity index (χ4n) is 0.825. The van der Waals surface area contributed by atoms with Crippen molar-refractivity contribution < 1.29 is 31.4 Å². The Balaban J connectivity index is 4.87. The van der Waals surface area contributed by atoms with Gasteiger partial charge in [0.1, 0.15) is 0 Å². The zero-order valence-electron chi connectivity index (χ0n) is 7.04. The van der Waals surface area contributed by atoms with Gasteiger partial charge in [0.05, 0.1) is 0 Å². The molecule has 0 bridgehead atoms.